The first kappa shape index (κ1) is 35.8. The van der Waals surface area contributed by atoms with Gasteiger partial charge in [0.2, 0.25) is 0 Å². The Balaban J connectivity index is 0.00000506. The molecule has 4 rings (SSSR count). The molecule has 0 aliphatic heterocycles. The van der Waals surface area contributed by atoms with Gasteiger partial charge in [0, 0.05) is 5.56 Å². The topological polar surface area (TPSA) is 75.6 Å². The van der Waals surface area contributed by atoms with Crippen LogP contribution in [0.3, 0.4) is 0 Å². The number of thioether (sulfide) groups is 1. The molecule has 1 unspecified atom stereocenters. The standard InChI is InChI=1S/C36H51NO4S.Li.H/c1-26-12-10-11-17-30(26)32-22-29(18-19-31(32)34(38)37-33(35(39)40)20-21-42-3)25-41-36(2,23-27-13-6-4-7-14-27)24-28-15-8-5-9-16-28;;/h10-12,17-19,22,27-28,33H,4-9,13-16,20-21,23-25H2,1-3H3,(H,37,38)(H,39,40);;. The molecule has 0 aromatic heterocycles. The zero-order chi connectivity index (χ0) is 30.0. The molecule has 2 aliphatic rings. The molecule has 0 spiro atoms. The van der Waals surface area contributed by atoms with E-state index in [2.05, 4.69) is 18.3 Å². The number of carbonyl (C=O) groups excluding carboxylic acids is 1. The normalized spacial score (nSPS) is 17.2. The van der Waals surface area contributed by atoms with Gasteiger partial charge in [-0.15, -0.1) is 0 Å². The van der Waals surface area contributed by atoms with Gasteiger partial charge in [-0.1, -0.05) is 94.5 Å². The summed E-state index contributed by atoms with van der Waals surface area (Å²) in [7, 11) is 0. The molecule has 2 aromatic rings. The van der Waals surface area contributed by atoms with Gasteiger partial charge < -0.3 is 15.2 Å². The first-order valence-corrected chi connectivity index (χ1v) is 17.5. The molecule has 0 radical (unpaired) electrons. The fourth-order valence-electron chi connectivity index (χ4n) is 7.17. The number of carbonyl (C=O) groups is 2. The molecule has 1 amide bonds. The second-order valence-electron chi connectivity index (χ2n) is 13.0. The first-order valence-electron chi connectivity index (χ1n) is 16.1. The van der Waals surface area contributed by atoms with E-state index in [1.165, 1.54) is 64.2 Å². The maximum absolute atomic E-state index is 13.5. The molecule has 2 N–H and O–H groups in total. The third kappa shape index (κ3) is 10.7. The van der Waals surface area contributed by atoms with Gasteiger partial charge in [-0.05, 0) is 91.3 Å². The van der Waals surface area contributed by atoms with Crippen LogP contribution in [0.2, 0.25) is 0 Å². The van der Waals surface area contributed by atoms with Gasteiger partial charge in [0.25, 0.3) is 5.91 Å². The predicted octanol–water partition coefficient (Wildman–Crippen LogP) is 8.17. The van der Waals surface area contributed by atoms with Crippen molar-refractivity contribution in [3.63, 3.8) is 0 Å². The molecule has 2 saturated carbocycles. The predicted molar refractivity (Wildman–Crippen MR) is 181 cm³/mol. The molecule has 0 bridgehead atoms. The zero-order valence-corrected chi connectivity index (χ0v) is 26.8. The van der Waals surface area contributed by atoms with Crippen LogP contribution < -0.4 is 5.32 Å². The van der Waals surface area contributed by atoms with Crippen LogP contribution in [0.15, 0.2) is 42.5 Å². The Kier molecular flexibility index (Phi) is 14.7. The zero-order valence-electron chi connectivity index (χ0n) is 26.0. The average Bonchev–Trinajstić information content (AvgIpc) is 2.99. The van der Waals surface area contributed by atoms with Gasteiger partial charge in [0.15, 0.2) is 0 Å². The number of aliphatic carboxylic acids is 1. The molecule has 5 nitrogen and oxygen atoms in total. The van der Waals surface area contributed by atoms with Crippen molar-refractivity contribution >= 4 is 42.5 Å². The quantitative estimate of drug-likeness (QED) is 0.214. The number of amides is 1. The van der Waals surface area contributed by atoms with E-state index in [1.54, 1.807) is 11.8 Å². The Morgan fingerprint density at radius 3 is 2.12 bits per heavy atom. The molecule has 2 aliphatic carbocycles. The Morgan fingerprint density at radius 2 is 1.56 bits per heavy atom. The summed E-state index contributed by atoms with van der Waals surface area (Å²) < 4.78 is 6.90. The number of benzene rings is 2. The van der Waals surface area contributed by atoms with Crippen molar-refractivity contribution in [3.05, 3.63) is 59.2 Å². The van der Waals surface area contributed by atoms with Crippen molar-refractivity contribution in [2.45, 2.75) is 116 Å². The van der Waals surface area contributed by atoms with Crippen molar-refractivity contribution in [1.29, 1.82) is 0 Å². The summed E-state index contributed by atoms with van der Waals surface area (Å²) in [6, 6.07) is 13.1. The van der Waals surface area contributed by atoms with Crippen LogP contribution in [0.25, 0.3) is 11.1 Å². The summed E-state index contributed by atoms with van der Waals surface area (Å²) in [5, 5.41) is 12.5. The van der Waals surface area contributed by atoms with E-state index in [0.717, 1.165) is 46.9 Å². The van der Waals surface area contributed by atoms with E-state index in [-0.39, 0.29) is 30.4 Å². The van der Waals surface area contributed by atoms with Crippen LogP contribution in [0, 0.1) is 18.8 Å². The van der Waals surface area contributed by atoms with Crippen LogP contribution in [0.1, 0.15) is 112 Å². The second-order valence-corrected chi connectivity index (χ2v) is 14.0. The van der Waals surface area contributed by atoms with Gasteiger partial charge >= 0.3 is 24.8 Å². The SMILES string of the molecule is CSCCC(NC(=O)c1ccc(COC(C)(CC2CCCCC2)CC2CCCCC2)cc1-c1ccccc1C)C(=O)O.[LiH]. The number of hydrogen-bond acceptors (Lipinski definition) is 4. The van der Waals surface area contributed by atoms with E-state index in [0.29, 0.717) is 24.3 Å². The molecule has 43 heavy (non-hydrogen) atoms. The summed E-state index contributed by atoms with van der Waals surface area (Å²) in [5.41, 5.74) is 4.25. The third-order valence-electron chi connectivity index (χ3n) is 9.46. The Morgan fingerprint density at radius 1 is 0.953 bits per heavy atom. The molecular weight excluding hydrogens is 549 g/mol. The maximum atomic E-state index is 13.5. The number of nitrogens with one attached hydrogen (secondary N) is 1. The van der Waals surface area contributed by atoms with Crippen molar-refractivity contribution in [3.8, 4) is 11.1 Å². The number of rotatable bonds is 14. The Hall–Kier alpha value is -1.71. The van der Waals surface area contributed by atoms with Gasteiger partial charge in [-0.25, -0.2) is 4.79 Å². The summed E-state index contributed by atoms with van der Waals surface area (Å²) in [4.78, 5) is 25.3. The molecule has 0 saturated heterocycles. The Labute approximate surface area is 275 Å². The molecular formula is C36H52LiNO4S. The van der Waals surface area contributed by atoms with Crippen molar-refractivity contribution < 1.29 is 19.4 Å². The average molecular weight is 602 g/mol. The molecule has 2 fully saturated rings. The number of ether oxygens (including phenoxy) is 1. The second kappa shape index (κ2) is 17.7. The molecule has 1 atom stereocenters. The van der Waals surface area contributed by atoms with Crippen LogP contribution in [-0.2, 0) is 16.1 Å². The fourth-order valence-corrected chi connectivity index (χ4v) is 7.64. The number of aryl methyl sites for hydroxylation is 1. The summed E-state index contributed by atoms with van der Waals surface area (Å²) in [5.74, 6) is 0.797. The van der Waals surface area contributed by atoms with E-state index in [4.69, 9.17) is 4.74 Å². The van der Waals surface area contributed by atoms with Gasteiger partial charge in [-0.2, -0.15) is 11.8 Å². The number of hydrogen-bond donors (Lipinski definition) is 2. The van der Waals surface area contributed by atoms with Gasteiger partial charge in [0.05, 0.1) is 12.2 Å². The van der Waals surface area contributed by atoms with Crippen LogP contribution in [0.5, 0.6) is 0 Å². The molecule has 2 aromatic carbocycles. The minimum atomic E-state index is -1.00. The van der Waals surface area contributed by atoms with Crippen LogP contribution in [0.4, 0.5) is 0 Å². The first-order chi connectivity index (χ1) is 20.3. The van der Waals surface area contributed by atoms with Crippen molar-refractivity contribution in [2.75, 3.05) is 12.0 Å². The van der Waals surface area contributed by atoms with Gasteiger partial charge in [-0.3, -0.25) is 4.79 Å². The molecule has 7 heteroatoms. The third-order valence-corrected chi connectivity index (χ3v) is 10.1. The minimum absolute atomic E-state index is 0. The fraction of sp³-hybridized carbons (Fsp3) is 0.611. The summed E-state index contributed by atoms with van der Waals surface area (Å²) in [6.45, 7) is 4.90. The van der Waals surface area contributed by atoms with Crippen LogP contribution >= 0.6 is 11.8 Å². The summed E-state index contributed by atoms with van der Waals surface area (Å²) in [6.07, 6.45) is 17.9. The van der Waals surface area contributed by atoms with Gasteiger partial charge in [0.1, 0.15) is 6.04 Å². The van der Waals surface area contributed by atoms with E-state index < -0.39 is 12.0 Å². The Bertz CT molecular complexity index is 1160. The molecule has 232 valence electrons. The van der Waals surface area contributed by atoms with Crippen molar-refractivity contribution in [1.82, 2.24) is 5.32 Å². The molecule has 0 heterocycles. The van der Waals surface area contributed by atoms with E-state index >= 15 is 0 Å². The van der Waals surface area contributed by atoms with E-state index in [9.17, 15) is 14.7 Å². The van der Waals surface area contributed by atoms with Crippen LogP contribution in [-0.4, -0.2) is 59.5 Å². The monoisotopic (exact) mass is 601 g/mol. The number of carboxylic acids is 1. The number of carboxylic acid groups (broad SMARTS) is 1. The van der Waals surface area contributed by atoms with Crippen molar-refractivity contribution in [2.24, 2.45) is 11.8 Å². The van der Waals surface area contributed by atoms with E-state index in [1.807, 2.05) is 49.6 Å². The summed E-state index contributed by atoms with van der Waals surface area (Å²) >= 11 is 1.57.